The summed E-state index contributed by atoms with van der Waals surface area (Å²) in [6.07, 6.45) is 25.5. The summed E-state index contributed by atoms with van der Waals surface area (Å²) in [5.41, 5.74) is 0. The summed E-state index contributed by atoms with van der Waals surface area (Å²) in [6, 6.07) is 0. The van der Waals surface area contributed by atoms with Crippen molar-refractivity contribution in [3.05, 3.63) is 0 Å². The molecule has 0 bridgehead atoms. The van der Waals surface area contributed by atoms with E-state index in [2.05, 4.69) is 13.8 Å². The van der Waals surface area contributed by atoms with Gasteiger partial charge in [0.1, 0.15) is 0 Å². The summed E-state index contributed by atoms with van der Waals surface area (Å²) < 4.78 is 5.32. The highest BCUT2D eigenvalue weighted by molar-refractivity contribution is 5.69. The van der Waals surface area contributed by atoms with Crippen molar-refractivity contribution < 1.29 is 9.53 Å². The molecule has 0 saturated heterocycles. The maximum atomic E-state index is 11.7. The number of unbranched alkanes of at least 4 members (excludes halogenated alkanes) is 17. The molecule has 0 rings (SSSR count). The third-order valence-corrected chi connectivity index (χ3v) is 5.25. The summed E-state index contributed by atoms with van der Waals surface area (Å²) in [7, 11) is 0. The van der Waals surface area contributed by atoms with Crippen LogP contribution in [0.15, 0.2) is 0 Å². The van der Waals surface area contributed by atoms with Crippen molar-refractivity contribution in [3.63, 3.8) is 0 Å². The third kappa shape index (κ3) is 21.5. The summed E-state index contributed by atoms with van der Waals surface area (Å²) in [6.45, 7) is 5.14. The highest BCUT2D eigenvalue weighted by Crippen LogP contribution is 2.13. The summed E-state index contributed by atoms with van der Waals surface area (Å²) in [5, 5.41) is 0. The third-order valence-electron chi connectivity index (χ3n) is 5.25. The van der Waals surface area contributed by atoms with E-state index < -0.39 is 0 Å². The lowest BCUT2D eigenvalue weighted by atomic mass is 10.0. The molecule has 0 spiro atoms. The van der Waals surface area contributed by atoms with Gasteiger partial charge in [-0.1, -0.05) is 123 Å². The minimum atomic E-state index is 0.0154. The zero-order valence-corrected chi connectivity index (χ0v) is 18.2. The highest BCUT2D eigenvalue weighted by atomic mass is 16.5. The van der Waals surface area contributed by atoms with E-state index in [4.69, 9.17) is 4.74 Å². The van der Waals surface area contributed by atoms with Crippen LogP contribution in [0.2, 0.25) is 0 Å². The largest absolute Gasteiger partial charge is 0.466 e. The predicted octanol–water partition coefficient (Wildman–Crippen LogP) is 8.37. The molecule has 0 aromatic rings. The van der Waals surface area contributed by atoms with Gasteiger partial charge in [0.25, 0.3) is 0 Å². The zero-order valence-electron chi connectivity index (χ0n) is 18.2. The number of carbonyl (C=O) groups excluding carboxylic acids is 1. The first-order valence-electron chi connectivity index (χ1n) is 12.0. The molecule has 0 heterocycles. The van der Waals surface area contributed by atoms with E-state index in [1.165, 1.54) is 109 Å². The van der Waals surface area contributed by atoms with Gasteiger partial charge >= 0.3 is 5.97 Å². The number of hydrogen-bond acceptors (Lipinski definition) is 2. The number of rotatable bonds is 21. The van der Waals surface area contributed by atoms with Gasteiger partial charge in [0.15, 0.2) is 0 Å². The number of esters is 1. The second-order valence-electron chi connectivity index (χ2n) is 7.98. The molecule has 0 radical (unpaired) electrons. The molecule has 0 atom stereocenters. The average Bonchev–Trinajstić information content (AvgIpc) is 2.64. The standard InChI is InChI=1S/C24H48O2/c1-3-5-7-9-11-12-13-14-15-16-17-18-20-22-24(25)26-23-21-19-10-8-6-4-2/h3-23H2,1-2H3. The quantitative estimate of drug-likeness (QED) is 0.150. The SMILES string of the molecule is CCCCCCCCCCCCCCCC(=O)OCCCCCCCC. The first-order chi connectivity index (χ1) is 12.8. The van der Waals surface area contributed by atoms with Crippen LogP contribution in [-0.2, 0) is 9.53 Å². The van der Waals surface area contributed by atoms with Crippen molar-refractivity contribution in [1.29, 1.82) is 0 Å². The van der Waals surface area contributed by atoms with Crippen molar-refractivity contribution in [3.8, 4) is 0 Å². The van der Waals surface area contributed by atoms with Crippen LogP contribution in [0.25, 0.3) is 0 Å². The van der Waals surface area contributed by atoms with E-state index in [0.717, 1.165) is 12.8 Å². The van der Waals surface area contributed by atoms with Crippen LogP contribution in [0.1, 0.15) is 142 Å². The monoisotopic (exact) mass is 368 g/mol. The molecule has 0 amide bonds. The van der Waals surface area contributed by atoms with Crippen LogP contribution in [0.3, 0.4) is 0 Å². The topological polar surface area (TPSA) is 26.3 Å². The van der Waals surface area contributed by atoms with Crippen LogP contribution >= 0.6 is 0 Å². The minimum Gasteiger partial charge on any atom is -0.466 e. The maximum absolute atomic E-state index is 11.7. The number of hydrogen-bond donors (Lipinski definition) is 0. The van der Waals surface area contributed by atoms with Crippen LogP contribution in [0.4, 0.5) is 0 Å². The molecule has 26 heavy (non-hydrogen) atoms. The summed E-state index contributed by atoms with van der Waals surface area (Å²) >= 11 is 0. The molecule has 0 aliphatic heterocycles. The molecular weight excluding hydrogens is 320 g/mol. The van der Waals surface area contributed by atoms with Crippen molar-refractivity contribution in [2.75, 3.05) is 6.61 Å². The van der Waals surface area contributed by atoms with Crippen LogP contribution < -0.4 is 0 Å². The summed E-state index contributed by atoms with van der Waals surface area (Å²) in [5.74, 6) is 0.0154. The Morgan fingerprint density at radius 1 is 0.500 bits per heavy atom. The molecule has 2 heteroatoms. The van der Waals surface area contributed by atoms with Crippen molar-refractivity contribution in [1.82, 2.24) is 0 Å². The lowest BCUT2D eigenvalue weighted by Gasteiger charge is -2.05. The van der Waals surface area contributed by atoms with E-state index in [1.807, 2.05) is 0 Å². The molecule has 0 fully saturated rings. The Morgan fingerprint density at radius 3 is 1.27 bits per heavy atom. The van der Waals surface area contributed by atoms with Crippen molar-refractivity contribution in [2.45, 2.75) is 142 Å². The smallest absolute Gasteiger partial charge is 0.305 e. The molecular formula is C24H48O2. The first kappa shape index (κ1) is 25.5. The van der Waals surface area contributed by atoms with E-state index >= 15 is 0 Å². The average molecular weight is 369 g/mol. The Labute approximate surface area is 164 Å². The summed E-state index contributed by atoms with van der Waals surface area (Å²) in [4.78, 5) is 11.7. The van der Waals surface area contributed by atoms with Gasteiger partial charge in [-0.15, -0.1) is 0 Å². The fourth-order valence-electron chi connectivity index (χ4n) is 3.43. The van der Waals surface area contributed by atoms with E-state index in [1.54, 1.807) is 0 Å². The van der Waals surface area contributed by atoms with Gasteiger partial charge in [-0.2, -0.15) is 0 Å². The molecule has 0 saturated carbocycles. The maximum Gasteiger partial charge on any atom is 0.305 e. The first-order valence-corrected chi connectivity index (χ1v) is 12.0. The lowest BCUT2D eigenvalue weighted by Crippen LogP contribution is -2.05. The Hall–Kier alpha value is -0.530. The van der Waals surface area contributed by atoms with E-state index in [9.17, 15) is 4.79 Å². The van der Waals surface area contributed by atoms with Gasteiger partial charge in [0.2, 0.25) is 0 Å². The molecule has 0 aliphatic carbocycles. The predicted molar refractivity (Wildman–Crippen MR) is 115 cm³/mol. The molecule has 0 aromatic carbocycles. The van der Waals surface area contributed by atoms with Crippen molar-refractivity contribution in [2.24, 2.45) is 0 Å². The molecule has 0 unspecified atom stereocenters. The Bertz CT molecular complexity index is 275. The van der Waals surface area contributed by atoms with Gasteiger partial charge in [-0.05, 0) is 12.8 Å². The van der Waals surface area contributed by atoms with Crippen LogP contribution in [0, 0.1) is 0 Å². The van der Waals surface area contributed by atoms with Crippen LogP contribution in [-0.4, -0.2) is 12.6 Å². The second kappa shape index (κ2) is 22.5. The van der Waals surface area contributed by atoms with E-state index in [0.29, 0.717) is 13.0 Å². The molecule has 0 N–H and O–H groups in total. The second-order valence-corrected chi connectivity index (χ2v) is 7.98. The lowest BCUT2D eigenvalue weighted by molar-refractivity contribution is -0.143. The zero-order chi connectivity index (χ0) is 19.1. The van der Waals surface area contributed by atoms with Crippen molar-refractivity contribution >= 4 is 5.97 Å². The molecule has 156 valence electrons. The minimum absolute atomic E-state index is 0.0154. The van der Waals surface area contributed by atoms with Gasteiger partial charge in [-0.3, -0.25) is 4.79 Å². The van der Waals surface area contributed by atoms with Gasteiger partial charge in [-0.25, -0.2) is 0 Å². The normalized spacial score (nSPS) is 11.0. The number of carbonyl (C=O) groups is 1. The Morgan fingerprint density at radius 2 is 0.846 bits per heavy atom. The van der Waals surface area contributed by atoms with E-state index in [-0.39, 0.29) is 5.97 Å². The van der Waals surface area contributed by atoms with Crippen LogP contribution in [0.5, 0.6) is 0 Å². The Balaban J connectivity index is 3.12. The Kier molecular flexibility index (Phi) is 22.1. The number of ether oxygens (including phenoxy) is 1. The van der Waals surface area contributed by atoms with Gasteiger partial charge in [0.05, 0.1) is 6.61 Å². The fraction of sp³-hybridized carbons (Fsp3) is 0.958. The molecule has 0 aromatic heterocycles. The van der Waals surface area contributed by atoms with Gasteiger partial charge in [0, 0.05) is 6.42 Å². The molecule has 2 nitrogen and oxygen atoms in total. The molecule has 0 aliphatic rings. The van der Waals surface area contributed by atoms with Gasteiger partial charge < -0.3 is 4.74 Å². The highest BCUT2D eigenvalue weighted by Gasteiger charge is 2.02. The fourth-order valence-corrected chi connectivity index (χ4v) is 3.43.